The lowest BCUT2D eigenvalue weighted by molar-refractivity contribution is -0.141. The fourth-order valence-electron chi connectivity index (χ4n) is 3.41. The summed E-state index contributed by atoms with van der Waals surface area (Å²) in [6.07, 6.45) is 2.73. The fraction of sp³-hybridized carbons (Fsp3) is 0.800. The molecule has 22 heavy (non-hydrogen) atoms. The summed E-state index contributed by atoms with van der Waals surface area (Å²) in [6.45, 7) is 3.79. The van der Waals surface area contributed by atoms with Crippen LogP contribution in [0.25, 0.3) is 0 Å². The van der Waals surface area contributed by atoms with E-state index in [-0.39, 0.29) is 17.2 Å². The number of rotatable bonds is 2. The lowest BCUT2D eigenvalue weighted by Gasteiger charge is -2.46. The number of carbonyl (C=O) groups is 3. The summed E-state index contributed by atoms with van der Waals surface area (Å²) in [5, 5.41) is 2.51. The van der Waals surface area contributed by atoms with Crippen LogP contribution < -0.4 is 5.32 Å². The average molecular weight is 311 g/mol. The number of hydrogen-bond donors (Lipinski definition) is 1. The molecule has 7 nitrogen and oxygen atoms in total. The molecule has 1 atom stereocenters. The molecule has 124 valence electrons. The Kier molecular flexibility index (Phi) is 4.93. The van der Waals surface area contributed by atoms with Crippen molar-refractivity contribution in [2.24, 2.45) is 5.41 Å². The molecule has 0 bridgehead atoms. The minimum absolute atomic E-state index is 0.0829. The number of alkyl carbamates (subject to hydrolysis) is 1. The predicted molar refractivity (Wildman–Crippen MR) is 80.1 cm³/mol. The highest BCUT2D eigenvalue weighted by Gasteiger charge is 2.41. The predicted octanol–water partition coefficient (Wildman–Crippen LogP) is 0.592. The Balaban J connectivity index is 1.88. The van der Waals surface area contributed by atoms with E-state index in [0.717, 1.165) is 25.8 Å². The number of amides is 3. The SMILES string of the molecule is COC(=O)N[C@H](C)C(=O)N1CCC2(CCC(=O)N(C)C2)CC1. The summed E-state index contributed by atoms with van der Waals surface area (Å²) >= 11 is 0. The fourth-order valence-corrected chi connectivity index (χ4v) is 3.41. The van der Waals surface area contributed by atoms with Gasteiger partial charge in [-0.3, -0.25) is 9.59 Å². The molecule has 1 spiro atoms. The van der Waals surface area contributed by atoms with Crippen molar-refractivity contribution < 1.29 is 19.1 Å². The van der Waals surface area contributed by atoms with E-state index in [1.165, 1.54) is 7.11 Å². The number of methoxy groups -OCH3 is 1. The number of likely N-dealkylation sites (tertiary alicyclic amines) is 2. The van der Waals surface area contributed by atoms with Crippen molar-refractivity contribution in [3.8, 4) is 0 Å². The van der Waals surface area contributed by atoms with Gasteiger partial charge in [0.05, 0.1) is 7.11 Å². The molecule has 3 amide bonds. The van der Waals surface area contributed by atoms with Crippen molar-refractivity contribution in [3.05, 3.63) is 0 Å². The molecule has 2 saturated heterocycles. The lowest BCUT2D eigenvalue weighted by atomic mass is 9.72. The van der Waals surface area contributed by atoms with Crippen molar-refractivity contribution in [3.63, 3.8) is 0 Å². The minimum Gasteiger partial charge on any atom is -0.453 e. The Hall–Kier alpha value is -1.79. The van der Waals surface area contributed by atoms with Gasteiger partial charge in [0, 0.05) is 33.1 Å². The third-order valence-corrected chi connectivity index (χ3v) is 4.89. The van der Waals surface area contributed by atoms with Crippen molar-refractivity contribution in [2.45, 2.75) is 38.6 Å². The number of carbonyl (C=O) groups excluding carboxylic acids is 3. The van der Waals surface area contributed by atoms with Crippen LogP contribution in [0.1, 0.15) is 32.6 Å². The van der Waals surface area contributed by atoms with Crippen molar-refractivity contribution >= 4 is 17.9 Å². The Bertz CT molecular complexity index is 458. The van der Waals surface area contributed by atoms with E-state index in [1.807, 2.05) is 11.9 Å². The van der Waals surface area contributed by atoms with Crippen LogP contribution in [0.2, 0.25) is 0 Å². The quantitative estimate of drug-likeness (QED) is 0.809. The van der Waals surface area contributed by atoms with Gasteiger partial charge in [-0.05, 0) is 31.6 Å². The van der Waals surface area contributed by atoms with Crippen LogP contribution >= 0.6 is 0 Å². The lowest BCUT2D eigenvalue weighted by Crippen LogP contribution is -2.54. The van der Waals surface area contributed by atoms with Crippen LogP contribution in [0, 0.1) is 5.41 Å². The maximum absolute atomic E-state index is 12.3. The summed E-state index contributed by atoms with van der Waals surface area (Å²) in [5.74, 6) is 0.125. The van der Waals surface area contributed by atoms with Gasteiger partial charge in [-0.25, -0.2) is 4.79 Å². The van der Waals surface area contributed by atoms with E-state index in [0.29, 0.717) is 19.5 Å². The largest absolute Gasteiger partial charge is 0.453 e. The van der Waals surface area contributed by atoms with Gasteiger partial charge in [0.2, 0.25) is 11.8 Å². The molecule has 0 unspecified atom stereocenters. The van der Waals surface area contributed by atoms with E-state index < -0.39 is 12.1 Å². The molecule has 0 aromatic carbocycles. The second-order valence-electron chi connectivity index (χ2n) is 6.43. The highest BCUT2D eigenvalue weighted by Crippen LogP contribution is 2.39. The molecule has 7 heteroatoms. The molecular weight excluding hydrogens is 286 g/mol. The average Bonchev–Trinajstić information content (AvgIpc) is 2.51. The van der Waals surface area contributed by atoms with E-state index >= 15 is 0 Å². The van der Waals surface area contributed by atoms with Gasteiger partial charge >= 0.3 is 6.09 Å². The second kappa shape index (κ2) is 6.54. The van der Waals surface area contributed by atoms with E-state index in [1.54, 1.807) is 11.8 Å². The van der Waals surface area contributed by atoms with Gasteiger partial charge in [0.25, 0.3) is 0 Å². The Morgan fingerprint density at radius 3 is 2.45 bits per heavy atom. The molecule has 0 aliphatic carbocycles. The second-order valence-corrected chi connectivity index (χ2v) is 6.43. The van der Waals surface area contributed by atoms with Crippen LogP contribution in [0.15, 0.2) is 0 Å². The molecule has 2 aliphatic heterocycles. The zero-order valence-corrected chi connectivity index (χ0v) is 13.6. The number of piperidine rings is 2. The number of nitrogens with zero attached hydrogens (tertiary/aromatic N) is 2. The third kappa shape index (κ3) is 3.51. The molecule has 2 aliphatic rings. The van der Waals surface area contributed by atoms with Gasteiger partial charge in [-0.2, -0.15) is 0 Å². The maximum atomic E-state index is 12.3. The monoisotopic (exact) mass is 311 g/mol. The molecule has 1 N–H and O–H groups in total. The van der Waals surface area contributed by atoms with Crippen LogP contribution in [0.3, 0.4) is 0 Å². The number of nitrogens with one attached hydrogen (secondary N) is 1. The molecule has 0 aromatic rings. The van der Waals surface area contributed by atoms with Gasteiger partial charge in [-0.15, -0.1) is 0 Å². The first-order valence-electron chi connectivity index (χ1n) is 7.74. The summed E-state index contributed by atoms with van der Waals surface area (Å²) in [6, 6.07) is -0.586. The normalized spacial score (nSPS) is 22.4. The first kappa shape index (κ1) is 16.6. The zero-order chi connectivity index (χ0) is 16.3. The number of ether oxygens (including phenoxy) is 1. The van der Waals surface area contributed by atoms with Gasteiger partial charge < -0.3 is 19.9 Å². The highest BCUT2D eigenvalue weighted by molar-refractivity contribution is 5.85. The highest BCUT2D eigenvalue weighted by atomic mass is 16.5. The van der Waals surface area contributed by atoms with Crippen molar-refractivity contribution in [1.82, 2.24) is 15.1 Å². The van der Waals surface area contributed by atoms with E-state index in [9.17, 15) is 14.4 Å². The molecule has 2 fully saturated rings. The van der Waals surface area contributed by atoms with Crippen LogP contribution in [-0.2, 0) is 14.3 Å². The summed E-state index contributed by atoms with van der Waals surface area (Å²) in [5.41, 5.74) is 0.151. The first-order chi connectivity index (χ1) is 10.4. The van der Waals surface area contributed by atoms with E-state index in [4.69, 9.17) is 0 Å². The summed E-state index contributed by atoms with van der Waals surface area (Å²) in [7, 11) is 3.13. The summed E-state index contributed by atoms with van der Waals surface area (Å²) in [4.78, 5) is 38.7. The molecule has 0 aromatic heterocycles. The van der Waals surface area contributed by atoms with Crippen LogP contribution in [-0.4, -0.2) is 67.5 Å². The van der Waals surface area contributed by atoms with Gasteiger partial charge in [0.1, 0.15) is 6.04 Å². The van der Waals surface area contributed by atoms with Gasteiger partial charge in [0.15, 0.2) is 0 Å². The van der Waals surface area contributed by atoms with E-state index in [2.05, 4.69) is 10.1 Å². The van der Waals surface area contributed by atoms with Crippen molar-refractivity contribution in [1.29, 1.82) is 0 Å². The van der Waals surface area contributed by atoms with Gasteiger partial charge in [-0.1, -0.05) is 0 Å². The molecular formula is C15H25N3O4. The third-order valence-electron chi connectivity index (χ3n) is 4.89. The Labute approximate surface area is 131 Å². The molecule has 0 radical (unpaired) electrons. The van der Waals surface area contributed by atoms with Crippen LogP contribution in [0.4, 0.5) is 4.79 Å². The maximum Gasteiger partial charge on any atom is 0.407 e. The standard InChI is InChI=1S/C15H25N3O4/c1-11(16-14(21)22-3)13(20)18-8-6-15(7-9-18)5-4-12(19)17(2)10-15/h11H,4-10H2,1-3H3,(H,16,21)/t11-/m1/s1. The molecule has 0 saturated carbocycles. The van der Waals surface area contributed by atoms with Crippen molar-refractivity contribution in [2.75, 3.05) is 33.8 Å². The zero-order valence-electron chi connectivity index (χ0n) is 13.6. The Morgan fingerprint density at radius 2 is 1.91 bits per heavy atom. The molecule has 2 heterocycles. The smallest absolute Gasteiger partial charge is 0.407 e. The molecule has 2 rings (SSSR count). The topological polar surface area (TPSA) is 79.0 Å². The Morgan fingerprint density at radius 1 is 1.27 bits per heavy atom. The number of hydrogen-bond acceptors (Lipinski definition) is 4. The summed E-state index contributed by atoms with van der Waals surface area (Å²) < 4.78 is 4.51. The first-order valence-corrected chi connectivity index (χ1v) is 7.74. The van der Waals surface area contributed by atoms with Crippen LogP contribution in [0.5, 0.6) is 0 Å². The minimum atomic E-state index is -0.596.